The van der Waals surface area contributed by atoms with Crippen LogP contribution in [-0.2, 0) is 11.2 Å². The highest BCUT2D eigenvalue weighted by Gasteiger charge is 2.24. The summed E-state index contributed by atoms with van der Waals surface area (Å²) in [6, 6.07) is 6.37. The van der Waals surface area contributed by atoms with Crippen LogP contribution in [-0.4, -0.2) is 11.1 Å². The van der Waals surface area contributed by atoms with Crippen LogP contribution in [0.4, 0.5) is 0 Å². The van der Waals surface area contributed by atoms with Crippen molar-refractivity contribution in [2.75, 3.05) is 0 Å². The van der Waals surface area contributed by atoms with Gasteiger partial charge in [-0.2, -0.15) is 0 Å². The lowest BCUT2D eigenvalue weighted by atomic mass is 9.96. The Morgan fingerprint density at radius 3 is 3.07 bits per heavy atom. The van der Waals surface area contributed by atoms with E-state index in [0.717, 1.165) is 12.8 Å². The Kier molecular flexibility index (Phi) is 2.28. The first-order valence-electron chi connectivity index (χ1n) is 4.98. The zero-order valence-electron chi connectivity index (χ0n) is 8.29. The van der Waals surface area contributed by atoms with E-state index in [4.69, 9.17) is 5.11 Å². The third-order valence-electron chi connectivity index (χ3n) is 2.92. The van der Waals surface area contributed by atoms with Crippen LogP contribution < -0.4 is 0 Å². The summed E-state index contributed by atoms with van der Waals surface area (Å²) in [6.45, 7) is 2.05. The molecule has 1 atom stereocenters. The number of aryl methyl sites for hydroxylation is 2. The van der Waals surface area contributed by atoms with Crippen molar-refractivity contribution >= 4 is 5.97 Å². The largest absolute Gasteiger partial charge is 0.481 e. The second kappa shape index (κ2) is 3.45. The standard InChI is InChI=1S/C12H14O2/c1-8-2-3-9-4-5-10(7-12(13)14)11(9)6-8/h2-3,6,10H,4-5,7H2,1H3,(H,13,14). The van der Waals surface area contributed by atoms with Gasteiger partial charge in [0.2, 0.25) is 0 Å². The average molecular weight is 190 g/mol. The average Bonchev–Trinajstić information content (AvgIpc) is 2.47. The van der Waals surface area contributed by atoms with Crippen molar-refractivity contribution < 1.29 is 9.90 Å². The fraction of sp³-hybridized carbons (Fsp3) is 0.417. The fourth-order valence-corrected chi connectivity index (χ4v) is 2.23. The lowest BCUT2D eigenvalue weighted by molar-refractivity contribution is -0.137. The van der Waals surface area contributed by atoms with Gasteiger partial charge in [-0.05, 0) is 36.8 Å². The molecular formula is C12H14O2. The maximum absolute atomic E-state index is 10.7. The van der Waals surface area contributed by atoms with Crippen LogP contribution in [0.25, 0.3) is 0 Å². The van der Waals surface area contributed by atoms with E-state index in [1.807, 2.05) is 0 Å². The van der Waals surface area contributed by atoms with Crippen LogP contribution in [0.1, 0.15) is 35.4 Å². The molecule has 2 nitrogen and oxygen atoms in total. The molecule has 0 spiro atoms. The smallest absolute Gasteiger partial charge is 0.303 e. The number of hydrogen-bond donors (Lipinski definition) is 1. The summed E-state index contributed by atoms with van der Waals surface area (Å²) in [5.41, 5.74) is 3.82. The molecule has 0 amide bonds. The van der Waals surface area contributed by atoms with Crippen LogP contribution in [0, 0.1) is 6.92 Å². The third-order valence-corrected chi connectivity index (χ3v) is 2.92. The summed E-state index contributed by atoms with van der Waals surface area (Å²) in [7, 11) is 0. The first kappa shape index (κ1) is 9.25. The number of carbonyl (C=O) groups is 1. The van der Waals surface area contributed by atoms with Gasteiger partial charge >= 0.3 is 5.97 Å². The van der Waals surface area contributed by atoms with Gasteiger partial charge in [0.05, 0.1) is 6.42 Å². The van der Waals surface area contributed by atoms with Gasteiger partial charge in [0.25, 0.3) is 0 Å². The number of hydrogen-bond acceptors (Lipinski definition) is 1. The van der Waals surface area contributed by atoms with Gasteiger partial charge in [-0.25, -0.2) is 0 Å². The minimum atomic E-state index is -0.690. The minimum Gasteiger partial charge on any atom is -0.481 e. The monoisotopic (exact) mass is 190 g/mol. The maximum Gasteiger partial charge on any atom is 0.303 e. The third kappa shape index (κ3) is 1.65. The van der Waals surface area contributed by atoms with Crippen molar-refractivity contribution in [2.24, 2.45) is 0 Å². The highest BCUT2D eigenvalue weighted by atomic mass is 16.4. The summed E-state index contributed by atoms with van der Waals surface area (Å²) in [5.74, 6) is -0.452. The normalized spacial score (nSPS) is 19.4. The zero-order valence-corrected chi connectivity index (χ0v) is 8.29. The van der Waals surface area contributed by atoms with Gasteiger partial charge < -0.3 is 5.11 Å². The highest BCUT2D eigenvalue weighted by Crippen LogP contribution is 2.35. The summed E-state index contributed by atoms with van der Waals surface area (Å²) < 4.78 is 0. The molecule has 1 aromatic carbocycles. The molecule has 1 aromatic rings. The summed E-state index contributed by atoms with van der Waals surface area (Å²) >= 11 is 0. The van der Waals surface area contributed by atoms with E-state index >= 15 is 0 Å². The van der Waals surface area contributed by atoms with Gasteiger partial charge in [-0.15, -0.1) is 0 Å². The van der Waals surface area contributed by atoms with Gasteiger partial charge in [-0.1, -0.05) is 23.8 Å². The number of carboxylic acid groups (broad SMARTS) is 1. The topological polar surface area (TPSA) is 37.3 Å². The van der Waals surface area contributed by atoms with Gasteiger partial charge in [0.1, 0.15) is 0 Å². The second-order valence-electron chi connectivity index (χ2n) is 4.04. The molecule has 0 aromatic heterocycles. The summed E-state index contributed by atoms with van der Waals surface area (Å²) in [6.07, 6.45) is 2.30. The van der Waals surface area contributed by atoms with Crippen LogP contribution in [0.15, 0.2) is 18.2 Å². The van der Waals surface area contributed by atoms with E-state index in [-0.39, 0.29) is 12.3 Å². The van der Waals surface area contributed by atoms with Crippen molar-refractivity contribution in [3.63, 3.8) is 0 Å². The zero-order chi connectivity index (χ0) is 10.1. The molecular weight excluding hydrogens is 176 g/mol. The van der Waals surface area contributed by atoms with Gasteiger partial charge in [0, 0.05) is 0 Å². The molecule has 2 rings (SSSR count). The molecule has 1 unspecified atom stereocenters. The van der Waals surface area contributed by atoms with E-state index in [2.05, 4.69) is 25.1 Å². The van der Waals surface area contributed by atoms with Crippen molar-refractivity contribution in [1.82, 2.24) is 0 Å². The molecule has 1 N–H and O–H groups in total. The first-order chi connectivity index (χ1) is 6.66. The number of carboxylic acids is 1. The predicted molar refractivity (Wildman–Crippen MR) is 54.5 cm³/mol. The van der Waals surface area contributed by atoms with Crippen LogP contribution in [0.5, 0.6) is 0 Å². The quantitative estimate of drug-likeness (QED) is 0.778. The maximum atomic E-state index is 10.7. The molecule has 1 aliphatic carbocycles. The minimum absolute atomic E-state index is 0.238. The number of rotatable bonds is 2. The number of aliphatic carboxylic acids is 1. The Morgan fingerprint density at radius 1 is 1.57 bits per heavy atom. The molecule has 1 aliphatic rings. The van der Waals surface area contributed by atoms with Crippen LogP contribution in [0.2, 0.25) is 0 Å². The Labute approximate surface area is 83.6 Å². The van der Waals surface area contributed by atoms with Crippen molar-refractivity contribution in [2.45, 2.75) is 32.1 Å². The van der Waals surface area contributed by atoms with Crippen LogP contribution in [0.3, 0.4) is 0 Å². The van der Waals surface area contributed by atoms with Crippen molar-refractivity contribution in [1.29, 1.82) is 0 Å². The molecule has 0 fully saturated rings. The highest BCUT2D eigenvalue weighted by molar-refractivity contribution is 5.68. The Bertz CT molecular complexity index is 369. The Hall–Kier alpha value is -1.31. The molecule has 0 saturated heterocycles. The van der Waals surface area contributed by atoms with E-state index in [0.29, 0.717) is 0 Å². The number of fused-ring (bicyclic) bond motifs is 1. The molecule has 0 bridgehead atoms. The molecule has 0 aliphatic heterocycles. The van der Waals surface area contributed by atoms with E-state index in [1.54, 1.807) is 0 Å². The van der Waals surface area contributed by atoms with Gasteiger partial charge in [-0.3, -0.25) is 4.79 Å². The van der Waals surface area contributed by atoms with E-state index < -0.39 is 5.97 Å². The van der Waals surface area contributed by atoms with Crippen LogP contribution >= 0.6 is 0 Å². The summed E-state index contributed by atoms with van der Waals surface area (Å²) in [5, 5.41) is 8.77. The summed E-state index contributed by atoms with van der Waals surface area (Å²) in [4.78, 5) is 10.7. The molecule has 0 saturated carbocycles. The Balaban J connectivity index is 2.28. The first-order valence-corrected chi connectivity index (χ1v) is 4.98. The van der Waals surface area contributed by atoms with Crippen molar-refractivity contribution in [3.05, 3.63) is 34.9 Å². The lowest BCUT2D eigenvalue weighted by Gasteiger charge is -2.08. The SMILES string of the molecule is Cc1ccc2c(c1)C(CC(=O)O)CC2. The Morgan fingerprint density at radius 2 is 2.36 bits per heavy atom. The fourth-order valence-electron chi connectivity index (χ4n) is 2.23. The van der Waals surface area contributed by atoms with Gasteiger partial charge in [0.15, 0.2) is 0 Å². The molecule has 14 heavy (non-hydrogen) atoms. The molecule has 0 heterocycles. The second-order valence-corrected chi connectivity index (χ2v) is 4.04. The molecule has 0 radical (unpaired) electrons. The molecule has 74 valence electrons. The number of benzene rings is 1. The lowest BCUT2D eigenvalue weighted by Crippen LogP contribution is -2.03. The van der Waals surface area contributed by atoms with E-state index in [1.165, 1.54) is 16.7 Å². The van der Waals surface area contributed by atoms with Crippen molar-refractivity contribution in [3.8, 4) is 0 Å². The van der Waals surface area contributed by atoms with E-state index in [9.17, 15) is 4.79 Å². The molecule has 2 heteroatoms. The predicted octanol–water partition coefficient (Wildman–Crippen LogP) is 2.50.